The molecule has 1 aliphatic carbocycles. The summed E-state index contributed by atoms with van der Waals surface area (Å²) < 4.78 is 29.9. The lowest BCUT2D eigenvalue weighted by molar-refractivity contribution is 0.0975. The van der Waals surface area contributed by atoms with Gasteiger partial charge in [-0.05, 0) is 25.7 Å². The molecule has 1 aromatic heterocycles. The third-order valence-electron chi connectivity index (χ3n) is 3.08. The first-order chi connectivity index (χ1) is 9.03. The lowest BCUT2D eigenvalue weighted by Gasteiger charge is -2.11. The van der Waals surface area contributed by atoms with Gasteiger partial charge in [-0.2, -0.15) is 5.10 Å². The summed E-state index contributed by atoms with van der Waals surface area (Å²) in [7, 11) is -2.27. The molecule has 1 aromatic rings. The maximum absolute atomic E-state index is 11.9. The number of ether oxygens (including phenoxy) is 1. The van der Waals surface area contributed by atoms with Gasteiger partial charge in [-0.3, -0.25) is 9.89 Å². The van der Waals surface area contributed by atoms with Crippen molar-refractivity contribution in [3.8, 4) is 0 Å². The number of fused-ring (bicyclic) bond motifs is 1. The quantitative estimate of drug-likeness (QED) is 0.793. The van der Waals surface area contributed by atoms with Crippen molar-refractivity contribution >= 4 is 15.9 Å². The van der Waals surface area contributed by atoms with Crippen LogP contribution in [0.4, 0.5) is 0 Å². The van der Waals surface area contributed by atoms with Crippen LogP contribution in [0.2, 0.25) is 0 Å². The summed E-state index contributed by atoms with van der Waals surface area (Å²) in [5.41, 5.74) is 1.96. The summed E-state index contributed by atoms with van der Waals surface area (Å²) in [5, 5.41) is 6.74. The Hall–Kier alpha value is -1.41. The van der Waals surface area contributed by atoms with Gasteiger partial charge in [0.1, 0.15) is 0 Å². The zero-order valence-corrected chi connectivity index (χ0v) is 11.5. The predicted octanol–water partition coefficient (Wildman–Crippen LogP) is -0.00550. The highest BCUT2D eigenvalue weighted by atomic mass is 32.2. The normalized spacial score (nSPS) is 15.0. The van der Waals surface area contributed by atoms with Gasteiger partial charge in [0.15, 0.2) is 5.69 Å². The van der Waals surface area contributed by atoms with Gasteiger partial charge >= 0.3 is 0 Å². The molecular weight excluding hydrogens is 270 g/mol. The number of sulfonamides is 1. The van der Waals surface area contributed by atoms with E-state index in [0.717, 1.165) is 36.9 Å². The maximum Gasteiger partial charge on any atom is 0.285 e. The Morgan fingerprint density at radius 2 is 2.16 bits per heavy atom. The topological polar surface area (TPSA) is 101 Å². The SMILES string of the molecule is COCCS(=O)(=O)NC(=O)c1n[nH]c2c1CCCC2. The molecule has 0 saturated heterocycles. The fraction of sp³-hybridized carbons (Fsp3) is 0.636. The Labute approximate surface area is 111 Å². The van der Waals surface area contributed by atoms with Gasteiger partial charge in [-0.25, -0.2) is 13.1 Å². The number of hydrogen-bond donors (Lipinski definition) is 2. The number of nitrogens with zero attached hydrogens (tertiary/aromatic N) is 1. The second-order valence-electron chi connectivity index (χ2n) is 4.48. The number of amides is 1. The highest BCUT2D eigenvalue weighted by Crippen LogP contribution is 2.22. The summed E-state index contributed by atoms with van der Waals surface area (Å²) in [6, 6.07) is 0. The summed E-state index contributed by atoms with van der Waals surface area (Å²) in [5.74, 6) is -0.919. The zero-order valence-electron chi connectivity index (χ0n) is 10.7. The van der Waals surface area contributed by atoms with Crippen molar-refractivity contribution in [1.82, 2.24) is 14.9 Å². The zero-order chi connectivity index (χ0) is 13.9. The van der Waals surface area contributed by atoms with E-state index in [2.05, 4.69) is 14.9 Å². The second-order valence-corrected chi connectivity index (χ2v) is 6.32. The van der Waals surface area contributed by atoms with E-state index >= 15 is 0 Å². The summed E-state index contributed by atoms with van der Waals surface area (Å²) >= 11 is 0. The van der Waals surface area contributed by atoms with Gasteiger partial charge in [0.2, 0.25) is 10.0 Å². The van der Waals surface area contributed by atoms with Crippen molar-refractivity contribution < 1.29 is 17.9 Å². The Bertz CT molecular complexity index is 564. The first-order valence-corrected chi connectivity index (χ1v) is 7.78. The highest BCUT2D eigenvalue weighted by Gasteiger charge is 2.24. The molecule has 0 atom stereocenters. The Balaban J connectivity index is 2.10. The van der Waals surface area contributed by atoms with Crippen molar-refractivity contribution in [1.29, 1.82) is 0 Å². The van der Waals surface area contributed by atoms with Crippen LogP contribution in [-0.4, -0.2) is 44.0 Å². The molecule has 7 nitrogen and oxygen atoms in total. The minimum atomic E-state index is -3.67. The number of aromatic nitrogens is 2. The summed E-state index contributed by atoms with van der Waals surface area (Å²) in [6.07, 6.45) is 3.66. The largest absolute Gasteiger partial charge is 0.384 e. The Morgan fingerprint density at radius 1 is 1.42 bits per heavy atom. The predicted molar refractivity (Wildman–Crippen MR) is 68.4 cm³/mol. The van der Waals surface area contributed by atoms with Crippen molar-refractivity contribution in [2.45, 2.75) is 25.7 Å². The number of hydrogen-bond acceptors (Lipinski definition) is 5. The van der Waals surface area contributed by atoms with Gasteiger partial charge < -0.3 is 4.74 Å². The molecule has 19 heavy (non-hydrogen) atoms. The van der Waals surface area contributed by atoms with E-state index < -0.39 is 15.9 Å². The average Bonchev–Trinajstić information content (AvgIpc) is 2.80. The number of aryl methyl sites for hydroxylation is 1. The third kappa shape index (κ3) is 3.32. The van der Waals surface area contributed by atoms with Crippen LogP contribution in [0.5, 0.6) is 0 Å². The van der Waals surface area contributed by atoms with Crippen LogP contribution in [0.25, 0.3) is 0 Å². The van der Waals surface area contributed by atoms with Crippen LogP contribution in [0.15, 0.2) is 0 Å². The van der Waals surface area contributed by atoms with E-state index in [1.54, 1.807) is 0 Å². The van der Waals surface area contributed by atoms with Gasteiger partial charge in [-0.1, -0.05) is 0 Å². The van der Waals surface area contributed by atoms with Gasteiger partial charge in [0.25, 0.3) is 5.91 Å². The van der Waals surface area contributed by atoms with Crippen LogP contribution < -0.4 is 4.72 Å². The second kappa shape index (κ2) is 5.70. The molecule has 106 valence electrons. The number of nitrogens with one attached hydrogen (secondary N) is 2. The molecule has 0 unspecified atom stereocenters. The smallest absolute Gasteiger partial charge is 0.285 e. The molecule has 0 fully saturated rings. The van der Waals surface area contributed by atoms with E-state index in [4.69, 9.17) is 0 Å². The minimum Gasteiger partial charge on any atom is -0.384 e. The van der Waals surface area contributed by atoms with Crippen LogP contribution in [0.3, 0.4) is 0 Å². The molecule has 8 heteroatoms. The molecule has 0 saturated carbocycles. The molecular formula is C11H17N3O4S. The Kier molecular flexibility index (Phi) is 4.20. The number of carbonyl (C=O) groups is 1. The fourth-order valence-corrected chi connectivity index (χ4v) is 2.97. The van der Waals surface area contributed by atoms with E-state index in [9.17, 15) is 13.2 Å². The fourth-order valence-electron chi connectivity index (χ4n) is 2.10. The van der Waals surface area contributed by atoms with E-state index in [1.165, 1.54) is 7.11 Å². The van der Waals surface area contributed by atoms with Crippen LogP contribution >= 0.6 is 0 Å². The van der Waals surface area contributed by atoms with Gasteiger partial charge in [-0.15, -0.1) is 0 Å². The number of aromatic amines is 1. The number of methoxy groups -OCH3 is 1. The van der Waals surface area contributed by atoms with Crippen LogP contribution in [0.1, 0.15) is 34.6 Å². The molecule has 1 amide bonds. The number of carbonyl (C=O) groups excluding carboxylic acids is 1. The first kappa shape index (κ1) is 14.0. The third-order valence-corrected chi connectivity index (χ3v) is 4.28. The molecule has 2 rings (SSSR count). The summed E-state index contributed by atoms with van der Waals surface area (Å²) in [4.78, 5) is 11.9. The summed E-state index contributed by atoms with van der Waals surface area (Å²) in [6.45, 7) is 0.0429. The standard InChI is InChI=1S/C11H17N3O4S/c1-18-6-7-19(16,17)14-11(15)10-8-4-2-3-5-9(8)12-13-10/h2-7H2,1H3,(H,12,13)(H,14,15). The molecule has 1 heterocycles. The molecule has 0 spiro atoms. The van der Waals surface area contributed by atoms with Crippen molar-refractivity contribution in [2.75, 3.05) is 19.5 Å². The van der Waals surface area contributed by atoms with E-state index in [1.807, 2.05) is 4.72 Å². The maximum atomic E-state index is 11.9. The molecule has 0 bridgehead atoms. The molecule has 0 radical (unpaired) electrons. The number of H-pyrrole nitrogens is 1. The molecule has 2 N–H and O–H groups in total. The monoisotopic (exact) mass is 287 g/mol. The minimum absolute atomic E-state index is 0.0429. The molecule has 0 aliphatic heterocycles. The van der Waals surface area contributed by atoms with Crippen molar-refractivity contribution in [3.63, 3.8) is 0 Å². The van der Waals surface area contributed by atoms with E-state index in [-0.39, 0.29) is 18.1 Å². The number of rotatable bonds is 5. The Morgan fingerprint density at radius 3 is 2.89 bits per heavy atom. The first-order valence-electron chi connectivity index (χ1n) is 6.13. The van der Waals surface area contributed by atoms with Gasteiger partial charge in [0, 0.05) is 18.4 Å². The van der Waals surface area contributed by atoms with Crippen LogP contribution in [0, 0.1) is 0 Å². The lowest BCUT2D eigenvalue weighted by atomic mass is 9.96. The van der Waals surface area contributed by atoms with Crippen molar-refractivity contribution in [3.05, 3.63) is 17.0 Å². The lowest BCUT2D eigenvalue weighted by Crippen LogP contribution is -2.34. The van der Waals surface area contributed by atoms with Crippen molar-refractivity contribution in [2.24, 2.45) is 0 Å². The van der Waals surface area contributed by atoms with Crippen LogP contribution in [-0.2, 0) is 27.6 Å². The highest BCUT2D eigenvalue weighted by molar-refractivity contribution is 7.90. The molecule has 1 aliphatic rings. The van der Waals surface area contributed by atoms with E-state index in [0.29, 0.717) is 0 Å². The van der Waals surface area contributed by atoms with Gasteiger partial charge in [0.05, 0.1) is 12.4 Å². The average molecular weight is 287 g/mol. The molecule has 0 aromatic carbocycles.